The molecule has 110 valence electrons. The lowest BCUT2D eigenvalue weighted by Gasteiger charge is -2.29. The average Bonchev–Trinajstić information content (AvgIpc) is 3.23. The van der Waals surface area contributed by atoms with Gasteiger partial charge < -0.3 is 15.2 Å². The van der Waals surface area contributed by atoms with Crippen molar-refractivity contribution in [3.8, 4) is 0 Å². The van der Waals surface area contributed by atoms with Crippen molar-refractivity contribution in [1.29, 1.82) is 0 Å². The third kappa shape index (κ3) is 2.14. The van der Waals surface area contributed by atoms with E-state index in [2.05, 4.69) is 15.2 Å². The van der Waals surface area contributed by atoms with Crippen molar-refractivity contribution in [3.63, 3.8) is 0 Å². The third-order valence-corrected chi connectivity index (χ3v) is 4.95. The number of rotatable bonds is 2. The summed E-state index contributed by atoms with van der Waals surface area (Å²) in [7, 11) is 0. The Balaban J connectivity index is 1.65. The summed E-state index contributed by atoms with van der Waals surface area (Å²) in [6.45, 7) is 1.99. The second-order valence-corrected chi connectivity index (χ2v) is 6.16. The molecule has 2 N–H and O–H groups in total. The molecule has 3 heterocycles. The van der Waals surface area contributed by atoms with Gasteiger partial charge in [-0.25, -0.2) is 0 Å². The van der Waals surface area contributed by atoms with Crippen molar-refractivity contribution in [2.45, 2.75) is 37.8 Å². The van der Waals surface area contributed by atoms with Gasteiger partial charge in [-0.15, -0.1) is 0 Å². The molecule has 2 aliphatic rings. The summed E-state index contributed by atoms with van der Waals surface area (Å²) in [5, 5.41) is 4.60. The highest BCUT2D eigenvalue weighted by atomic mass is 16.2. The molecule has 2 fully saturated rings. The number of nitrogens with one attached hydrogen (secondary N) is 2. The van der Waals surface area contributed by atoms with Gasteiger partial charge in [0, 0.05) is 41.3 Å². The Bertz CT molecular complexity index is 657. The quantitative estimate of drug-likeness (QED) is 0.889. The van der Waals surface area contributed by atoms with Crippen LogP contribution in [0.3, 0.4) is 0 Å². The van der Waals surface area contributed by atoms with E-state index in [4.69, 9.17) is 0 Å². The smallest absolute Gasteiger partial charge is 0.254 e. The van der Waals surface area contributed by atoms with Gasteiger partial charge in [0.15, 0.2) is 0 Å². The van der Waals surface area contributed by atoms with Gasteiger partial charge in [0.1, 0.15) is 0 Å². The van der Waals surface area contributed by atoms with Gasteiger partial charge in [-0.2, -0.15) is 0 Å². The Morgan fingerprint density at radius 3 is 3.00 bits per heavy atom. The molecule has 0 bridgehead atoms. The van der Waals surface area contributed by atoms with Gasteiger partial charge in [0.2, 0.25) is 0 Å². The van der Waals surface area contributed by atoms with Gasteiger partial charge in [-0.05, 0) is 50.4 Å². The number of aromatic amines is 1. The zero-order valence-corrected chi connectivity index (χ0v) is 12.1. The fourth-order valence-electron chi connectivity index (χ4n) is 3.93. The predicted octanol–water partition coefficient (Wildman–Crippen LogP) is 2.52. The number of aromatic nitrogens is 1. The van der Waals surface area contributed by atoms with Crippen LogP contribution in [0.25, 0.3) is 10.9 Å². The number of nitrogens with zero attached hydrogens (tertiary/aromatic N) is 1. The van der Waals surface area contributed by atoms with Crippen molar-refractivity contribution in [3.05, 3.63) is 36.0 Å². The van der Waals surface area contributed by atoms with Crippen LogP contribution in [0.2, 0.25) is 0 Å². The maximum atomic E-state index is 13.0. The molecule has 2 aliphatic heterocycles. The van der Waals surface area contributed by atoms with Crippen LogP contribution in [-0.4, -0.2) is 41.0 Å². The third-order valence-electron chi connectivity index (χ3n) is 4.95. The standard InChI is InChI=1S/C17H21N3O/c21-17(13-4-1-5-14-12(13)8-10-19-14)20-11-3-7-16(20)15-6-2-9-18-15/h1,4-5,8,10,15-16,18-19H,2-3,6-7,9,11H2. The number of carbonyl (C=O) groups excluding carboxylic acids is 1. The number of hydrogen-bond acceptors (Lipinski definition) is 2. The highest BCUT2D eigenvalue weighted by Crippen LogP contribution is 2.28. The second-order valence-electron chi connectivity index (χ2n) is 6.16. The highest BCUT2D eigenvalue weighted by molar-refractivity contribution is 6.06. The fraction of sp³-hybridized carbons (Fsp3) is 0.471. The molecule has 21 heavy (non-hydrogen) atoms. The maximum absolute atomic E-state index is 13.0. The van der Waals surface area contributed by atoms with E-state index in [0.29, 0.717) is 12.1 Å². The van der Waals surface area contributed by atoms with Crippen molar-refractivity contribution in [2.24, 2.45) is 0 Å². The Kier molecular flexibility index (Phi) is 3.19. The lowest BCUT2D eigenvalue weighted by atomic mass is 10.0. The molecule has 0 radical (unpaired) electrons. The van der Waals surface area contributed by atoms with Gasteiger partial charge in [0.05, 0.1) is 0 Å². The van der Waals surface area contributed by atoms with Crippen LogP contribution in [0, 0.1) is 0 Å². The summed E-state index contributed by atoms with van der Waals surface area (Å²) in [5.74, 6) is 0.191. The molecule has 1 aromatic heterocycles. The predicted molar refractivity (Wildman–Crippen MR) is 83.4 cm³/mol. The summed E-state index contributed by atoms with van der Waals surface area (Å²) in [5.41, 5.74) is 1.87. The molecule has 1 amide bonds. The van der Waals surface area contributed by atoms with E-state index in [9.17, 15) is 4.79 Å². The molecular weight excluding hydrogens is 262 g/mol. The molecule has 4 rings (SSSR count). The van der Waals surface area contributed by atoms with E-state index in [-0.39, 0.29) is 5.91 Å². The molecule has 2 aromatic rings. The first-order valence-corrected chi connectivity index (χ1v) is 7.95. The molecule has 0 saturated carbocycles. The summed E-state index contributed by atoms with van der Waals surface area (Å²) in [6.07, 6.45) is 6.59. The average molecular weight is 283 g/mol. The van der Waals surface area contributed by atoms with Crippen molar-refractivity contribution in [2.75, 3.05) is 13.1 Å². The summed E-state index contributed by atoms with van der Waals surface area (Å²) >= 11 is 0. The molecule has 2 atom stereocenters. The second kappa shape index (κ2) is 5.19. The SMILES string of the molecule is O=C(c1cccc2[nH]ccc12)N1CCCC1C1CCCN1. The monoisotopic (exact) mass is 283 g/mol. The fourth-order valence-corrected chi connectivity index (χ4v) is 3.93. The first-order valence-electron chi connectivity index (χ1n) is 7.95. The van der Waals surface area contributed by atoms with Crippen LogP contribution in [0.5, 0.6) is 0 Å². The molecule has 1 aromatic carbocycles. The van der Waals surface area contributed by atoms with Crippen molar-refractivity contribution in [1.82, 2.24) is 15.2 Å². The van der Waals surface area contributed by atoms with Crippen LogP contribution in [-0.2, 0) is 0 Å². The number of H-pyrrole nitrogens is 1. The summed E-state index contributed by atoms with van der Waals surface area (Å²) in [6, 6.07) is 8.80. The number of hydrogen-bond donors (Lipinski definition) is 2. The summed E-state index contributed by atoms with van der Waals surface area (Å²) < 4.78 is 0. The molecule has 4 nitrogen and oxygen atoms in total. The van der Waals surface area contributed by atoms with E-state index in [1.54, 1.807) is 0 Å². The Labute approximate surface area is 124 Å². The molecule has 2 saturated heterocycles. The number of carbonyl (C=O) groups is 1. The van der Waals surface area contributed by atoms with Crippen molar-refractivity contribution >= 4 is 16.8 Å². The first kappa shape index (κ1) is 12.9. The van der Waals surface area contributed by atoms with E-state index >= 15 is 0 Å². The van der Waals surface area contributed by atoms with E-state index in [0.717, 1.165) is 42.4 Å². The minimum atomic E-state index is 0.191. The van der Waals surface area contributed by atoms with Gasteiger partial charge >= 0.3 is 0 Å². The number of likely N-dealkylation sites (tertiary alicyclic amines) is 1. The molecule has 4 heteroatoms. The van der Waals surface area contributed by atoms with Gasteiger partial charge in [-0.3, -0.25) is 4.79 Å². The van der Waals surface area contributed by atoms with Crippen LogP contribution in [0.4, 0.5) is 0 Å². The van der Waals surface area contributed by atoms with Crippen LogP contribution in [0.1, 0.15) is 36.0 Å². The van der Waals surface area contributed by atoms with Crippen LogP contribution in [0.15, 0.2) is 30.5 Å². The number of benzene rings is 1. The zero-order valence-electron chi connectivity index (χ0n) is 12.1. The molecular formula is C17H21N3O. The first-order chi connectivity index (χ1) is 10.3. The normalized spacial score (nSPS) is 25.8. The minimum Gasteiger partial charge on any atom is -0.361 e. The van der Waals surface area contributed by atoms with E-state index < -0.39 is 0 Å². The van der Waals surface area contributed by atoms with Crippen LogP contribution < -0.4 is 5.32 Å². The molecule has 0 spiro atoms. The van der Waals surface area contributed by atoms with E-state index in [1.165, 1.54) is 12.8 Å². The number of fused-ring (bicyclic) bond motifs is 1. The molecule has 2 unspecified atom stereocenters. The largest absolute Gasteiger partial charge is 0.361 e. The lowest BCUT2D eigenvalue weighted by Crippen LogP contribution is -2.46. The number of amides is 1. The zero-order chi connectivity index (χ0) is 14.2. The topological polar surface area (TPSA) is 48.1 Å². The van der Waals surface area contributed by atoms with E-state index in [1.807, 2.05) is 30.5 Å². The Morgan fingerprint density at radius 2 is 2.14 bits per heavy atom. The van der Waals surface area contributed by atoms with Gasteiger partial charge in [-0.1, -0.05) is 6.07 Å². The lowest BCUT2D eigenvalue weighted by molar-refractivity contribution is 0.0713. The summed E-state index contributed by atoms with van der Waals surface area (Å²) in [4.78, 5) is 18.3. The Hall–Kier alpha value is -1.81. The minimum absolute atomic E-state index is 0.191. The Morgan fingerprint density at radius 1 is 1.19 bits per heavy atom. The maximum Gasteiger partial charge on any atom is 0.254 e. The highest BCUT2D eigenvalue weighted by Gasteiger charge is 2.36. The molecule has 0 aliphatic carbocycles. The van der Waals surface area contributed by atoms with Crippen molar-refractivity contribution < 1.29 is 4.79 Å². The van der Waals surface area contributed by atoms with Crippen LogP contribution >= 0.6 is 0 Å². The van der Waals surface area contributed by atoms with Gasteiger partial charge in [0.25, 0.3) is 5.91 Å².